The number of pyridine rings is 1. The van der Waals surface area contributed by atoms with Gasteiger partial charge in [0, 0.05) is 30.1 Å². The summed E-state index contributed by atoms with van der Waals surface area (Å²) in [6.45, 7) is 3.87. The van der Waals surface area contributed by atoms with Gasteiger partial charge in [-0.25, -0.2) is 0 Å². The second-order valence-electron chi connectivity index (χ2n) is 6.67. The first-order chi connectivity index (χ1) is 13.2. The Bertz CT molecular complexity index is 1100. The number of hydrogen-bond acceptors (Lipinski definition) is 2. The van der Waals surface area contributed by atoms with Crippen molar-refractivity contribution in [3.8, 4) is 0 Å². The first-order valence-corrected chi connectivity index (χ1v) is 8.73. The molecule has 28 heavy (non-hydrogen) atoms. The van der Waals surface area contributed by atoms with Crippen LogP contribution in [0.25, 0.3) is 10.9 Å². The number of aromatic nitrogens is 1. The molecule has 1 heterocycles. The van der Waals surface area contributed by atoms with Gasteiger partial charge in [-0.15, -0.1) is 0 Å². The van der Waals surface area contributed by atoms with Gasteiger partial charge >= 0.3 is 6.18 Å². The van der Waals surface area contributed by atoms with Crippen LogP contribution in [0.15, 0.2) is 53.3 Å². The van der Waals surface area contributed by atoms with Crippen LogP contribution in [0.4, 0.5) is 18.9 Å². The number of para-hydroxylation sites is 1. The Morgan fingerprint density at radius 1 is 1.04 bits per heavy atom. The number of nitrogens with one attached hydrogen (secondary N) is 1. The highest BCUT2D eigenvalue weighted by atomic mass is 19.4. The average Bonchev–Trinajstić information content (AvgIpc) is 2.61. The SMILES string of the molecule is Cc1cc(=O)n(CCC(=O)Nc2cccc(C(F)(F)F)c2)c2c(C)cccc12. The van der Waals surface area contributed by atoms with Crippen LogP contribution in [0.2, 0.25) is 0 Å². The van der Waals surface area contributed by atoms with E-state index >= 15 is 0 Å². The summed E-state index contributed by atoms with van der Waals surface area (Å²) in [5, 5.41) is 3.39. The van der Waals surface area contributed by atoms with Gasteiger partial charge in [0.15, 0.2) is 0 Å². The lowest BCUT2D eigenvalue weighted by molar-refractivity contribution is -0.137. The van der Waals surface area contributed by atoms with Gasteiger partial charge in [0.25, 0.3) is 5.56 Å². The Labute approximate surface area is 159 Å². The van der Waals surface area contributed by atoms with E-state index in [-0.39, 0.29) is 24.2 Å². The minimum Gasteiger partial charge on any atom is -0.326 e. The van der Waals surface area contributed by atoms with Gasteiger partial charge in [0.2, 0.25) is 5.91 Å². The zero-order chi connectivity index (χ0) is 20.5. The third-order valence-electron chi connectivity index (χ3n) is 4.57. The maximum absolute atomic E-state index is 12.8. The number of aryl methyl sites for hydroxylation is 3. The van der Waals surface area contributed by atoms with E-state index in [4.69, 9.17) is 0 Å². The van der Waals surface area contributed by atoms with E-state index in [1.165, 1.54) is 22.8 Å². The molecule has 1 aromatic heterocycles. The molecular weight excluding hydrogens is 369 g/mol. The smallest absolute Gasteiger partial charge is 0.326 e. The van der Waals surface area contributed by atoms with Crippen molar-refractivity contribution < 1.29 is 18.0 Å². The molecule has 0 aliphatic rings. The fourth-order valence-electron chi connectivity index (χ4n) is 3.22. The summed E-state index contributed by atoms with van der Waals surface area (Å²) in [4.78, 5) is 24.7. The van der Waals surface area contributed by atoms with Gasteiger partial charge in [-0.1, -0.05) is 24.3 Å². The Kier molecular flexibility index (Phi) is 5.27. The van der Waals surface area contributed by atoms with E-state index in [0.29, 0.717) is 0 Å². The van der Waals surface area contributed by atoms with Gasteiger partial charge in [0.05, 0.1) is 11.1 Å². The van der Waals surface area contributed by atoms with Crippen molar-refractivity contribution >= 4 is 22.5 Å². The first-order valence-electron chi connectivity index (χ1n) is 8.73. The van der Waals surface area contributed by atoms with Crippen LogP contribution < -0.4 is 10.9 Å². The van der Waals surface area contributed by atoms with Crippen LogP contribution >= 0.6 is 0 Å². The Morgan fingerprint density at radius 3 is 2.46 bits per heavy atom. The topological polar surface area (TPSA) is 51.1 Å². The van der Waals surface area contributed by atoms with Crippen LogP contribution in [0.5, 0.6) is 0 Å². The largest absolute Gasteiger partial charge is 0.416 e. The van der Waals surface area contributed by atoms with Crippen molar-refractivity contribution in [2.24, 2.45) is 0 Å². The van der Waals surface area contributed by atoms with Crippen LogP contribution in [0.3, 0.4) is 0 Å². The van der Waals surface area contributed by atoms with Crippen molar-refractivity contribution in [3.05, 3.63) is 75.6 Å². The third-order valence-corrected chi connectivity index (χ3v) is 4.57. The van der Waals surface area contributed by atoms with E-state index in [1.807, 2.05) is 32.0 Å². The number of amides is 1. The number of carbonyl (C=O) groups is 1. The molecule has 0 unspecified atom stereocenters. The summed E-state index contributed by atoms with van der Waals surface area (Å²) in [6.07, 6.45) is -4.52. The summed E-state index contributed by atoms with van der Waals surface area (Å²) in [6, 6.07) is 11.7. The molecule has 0 saturated heterocycles. The number of benzene rings is 2. The number of rotatable bonds is 4. The van der Waals surface area contributed by atoms with E-state index in [9.17, 15) is 22.8 Å². The molecule has 2 aromatic carbocycles. The standard InChI is InChI=1S/C21H19F3N2O2/c1-13-5-3-8-17-14(2)11-19(28)26(20(13)17)10-9-18(27)25-16-7-4-6-15(12-16)21(22,23)24/h3-8,11-12H,9-10H2,1-2H3,(H,25,27). The molecule has 0 spiro atoms. The highest BCUT2D eigenvalue weighted by molar-refractivity contribution is 5.91. The molecule has 7 heteroatoms. The Morgan fingerprint density at radius 2 is 1.75 bits per heavy atom. The Hall–Kier alpha value is -3.09. The zero-order valence-electron chi connectivity index (χ0n) is 15.4. The summed E-state index contributed by atoms with van der Waals surface area (Å²) in [5.41, 5.74) is 1.55. The number of hydrogen-bond donors (Lipinski definition) is 1. The molecule has 0 fully saturated rings. The number of halogens is 3. The molecular formula is C21H19F3N2O2. The van der Waals surface area contributed by atoms with Crippen molar-refractivity contribution in [2.75, 3.05) is 5.32 Å². The van der Waals surface area contributed by atoms with Gasteiger partial charge in [0.1, 0.15) is 0 Å². The number of fused-ring (bicyclic) bond motifs is 1. The second kappa shape index (κ2) is 7.50. The lowest BCUT2D eigenvalue weighted by Gasteiger charge is -2.14. The second-order valence-corrected chi connectivity index (χ2v) is 6.67. The molecule has 146 valence electrons. The summed E-state index contributed by atoms with van der Waals surface area (Å²) >= 11 is 0. The van der Waals surface area contributed by atoms with Gasteiger partial charge in [-0.05, 0) is 43.2 Å². The van der Waals surface area contributed by atoms with Gasteiger partial charge < -0.3 is 9.88 Å². The molecule has 1 N–H and O–H groups in total. The zero-order valence-corrected chi connectivity index (χ0v) is 15.4. The number of anilines is 1. The molecule has 0 aliphatic carbocycles. The van der Waals surface area contributed by atoms with E-state index < -0.39 is 17.6 Å². The molecule has 3 rings (SSSR count). The molecule has 1 amide bonds. The highest BCUT2D eigenvalue weighted by Gasteiger charge is 2.30. The minimum atomic E-state index is -4.48. The average molecular weight is 388 g/mol. The van der Waals surface area contributed by atoms with Gasteiger partial charge in [-0.3, -0.25) is 9.59 Å². The lowest BCUT2D eigenvalue weighted by atomic mass is 10.1. The minimum absolute atomic E-state index is 0.0390. The fourth-order valence-corrected chi connectivity index (χ4v) is 3.22. The summed E-state index contributed by atoms with van der Waals surface area (Å²) in [5.74, 6) is -0.464. The van der Waals surface area contributed by atoms with Crippen LogP contribution in [0, 0.1) is 13.8 Å². The van der Waals surface area contributed by atoms with Crippen LogP contribution in [-0.4, -0.2) is 10.5 Å². The lowest BCUT2D eigenvalue weighted by Crippen LogP contribution is -2.24. The van der Waals surface area contributed by atoms with Crippen molar-refractivity contribution in [3.63, 3.8) is 0 Å². The number of carbonyl (C=O) groups excluding carboxylic acids is 1. The normalized spacial score (nSPS) is 11.6. The molecule has 0 aliphatic heterocycles. The van der Waals surface area contributed by atoms with Gasteiger partial charge in [-0.2, -0.15) is 13.2 Å². The summed E-state index contributed by atoms with van der Waals surface area (Å²) < 4.78 is 39.9. The predicted molar refractivity (Wildman–Crippen MR) is 102 cm³/mol. The quantitative estimate of drug-likeness (QED) is 0.706. The van der Waals surface area contributed by atoms with E-state index in [1.54, 1.807) is 0 Å². The van der Waals surface area contributed by atoms with Crippen LogP contribution in [-0.2, 0) is 17.5 Å². The Balaban J connectivity index is 1.80. The molecule has 0 bridgehead atoms. The monoisotopic (exact) mass is 388 g/mol. The maximum Gasteiger partial charge on any atom is 0.416 e. The van der Waals surface area contributed by atoms with Crippen molar-refractivity contribution in [2.45, 2.75) is 33.0 Å². The van der Waals surface area contributed by atoms with E-state index in [2.05, 4.69) is 5.32 Å². The molecule has 0 saturated carbocycles. The van der Waals surface area contributed by atoms with Crippen molar-refractivity contribution in [1.29, 1.82) is 0 Å². The molecule has 3 aromatic rings. The predicted octanol–water partition coefficient (Wildman–Crippen LogP) is 4.67. The molecule has 0 radical (unpaired) electrons. The highest BCUT2D eigenvalue weighted by Crippen LogP contribution is 2.30. The number of alkyl halides is 3. The van der Waals surface area contributed by atoms with E-state index in [0.717, 1.165) is 34.2 Å². The number of nitrogens with zero attached hydrogens (tertiary/aromatic N) is 1. The first kappa shape index (κ1) is 19.7. The molecule has 4 nitrogen and oxygen atoms in total. The summed E-state index contributed by atoms with van der Waals surface area (Å²) in [7, 11) is 0. The molecule has 0 atom stereocenters. The maximum atomic E-state index is 12.8. The third kappa shape index (κ3) is 4.08. The fraction of sp³-hybridized carbons (Fsp3) is 0.238. The van der Waals surface area contributed by atoms with Crippen LogP contribution in [0.1, 0.15) is 23.1 Å². The van der Waals surface area contributed by atoms with Crippen molar-refractivity contribution in [1.82, 2.24) is 4.57 Å².